The van der Waals surface area contributed by atoms with Gasteiger partial charge in [-0.25, -0.2) is 9.97 Å². The van der Waals surface area contributed by atoms with Gasteiger partial charge in [-0.3, -0.25) is 0 Å². The first-order valence-corrected chi connectivity index (χ1v) is 6.00. The van der Waals surface area contributed by atoms with E-state index in [1.165, 1.54) is 12.1 Å². The van der Waals surface area contributed by atoms with Crippen molar-refractivity contribution in [2.45, 2.75) is 13.5 Å². The number of aryl methyl sites for hydroxylation is 1. The summed E-state index contributed by atoms with van der Waals surface area (Å²) in [6, 6.07) is 8.27. The molecule has 0 fully saturated rings. The first-order chi connectivity index (χ1) is 9.63. The molecule has 0 spiro atoms. The number of halogens is 2. The van der Waals surface area contributed by atoms with Crippen LogP contribution in [0.3, 0.4) is 0 Å². The van der Waals surface area contributed by atoms with Crippen molar-refractivity contribution in [3.63, 3.8) is 0 Å². The zero-order valence-electron chi connectivity index (χ0n) is 10.6. The van der Waals surface area contributed by atoms with Gasteiger partial charge >= 0.3 is 6.61 Å². The van der Waals surface area contributed by atoms with Gasteiger partial charge in [0.05, 0.1) is 5.52 Å². The Morgan fingerprint density at radius 2 is 2.10 bits per heavy atom. The number of aromatic amines is 1. The van der Waals surface area contributed by atoms with E-state index >= 15 is 0 Å². The maximum Gasteiger partial charge on any atom is 0.387 e. The normalized spacial score (nSPS) is 11.2. The lowest BCUT2D eigenvalue weighted by Gasteiger charge is -2.05. The number of hydrogen-bond acceptors (Lipinski definition) is 3. The van der Waals surface area contributed by atoms with Crippen molar-refractivity contribution in [2.24, 2.45) is 0 Å². The first kappa shape index (κ1) is 12.5. The van der Waals surface area contributed by atoms with E-state index < -0.39 is 6.61 Å². The monoisotopic (exact) mass is 275 g/mol. The van der Waals surface area contributed by atoms with E-state index in [1.54, 1.807) is 18.3 Å². The number of nitrogens with one attached hydrogen (secondary N) is 1. The molecule has 0 aliphatic heterocycles. The number of hydrogen-bond donors (Lipinski definition) is 1. The fourth-order valence-electron chi connectivity index (χ4n) is 1.99. The average molecular weight is 275 g/mol. The summed E-state index contributed by atoms with van der Waals surface area (Å²) in [5, 5.41) is 0. The minimum absolute atomic E-state index is 0.0997. The molecule has 0 radical (unpaired) electrons. The Kier molecular flexibility index (Phi) is 3.06. The zero-order chi connectivity index (χ0) is 14.1. The Labute approximate surface area is 113 Å². The molecule has 0 aliphatic carbocycles. The highest BCUT2D eigenvalue weighted by molar-refractivity contribution is 5.78. The number of H-pyrrole nitrogens is 1. The predicted molar refractivity (Wildman–Crippen MR) is 70.7 cm³/mol. The van der Waals surface area contributed by atoms with Gasteiger partial charge < -0.3 is 9.72 Å². The highest BCUT2D eigenvalue weighted by Crippen LogP contribution is 2.25. The molecule has 0 bridgehead atoms. The summed E-state index contributed by atoms with van der Waals surface area (Å²) in [7, 11) is 0. The largest absolute Gasteiger partial charge is 0.435 e. The third kappa shape index (κ3) is 2.32. The summed E-state index contributed by atoms with van der Waals surface area (Å²) >= 11 is 0. The maximum absolute atomic E-state index is 12.2. The molecule has 102 valence electrons. The van der Waals surface area contributed by atoms with Crippen molar-refractivity contribution in [3.05, 3.63) is 42.1 Å². The molecule has 0 aliphatic rings. The van der Waals surface area contributed by atoms with E-state index in [-0.39, 0.29) is 5.75 Å². The van der Waals surface area contributed by atoms with E-state index in [0.717, 1.165) is 11.1 Å². The minimum atomic E-state index is -2.84. The quantitative estimate of drug-likeness (QED) is 0.795. The van der Waals surface area contributed by atoms with Crippen molar-refractivity contribution in [1.29, 1.82) is 0 Å². The zero-order valence-corrected chi connectivity index (χ0v) is 10.6. The minimum Gasteiger partial charge on any atom is -0.435 e. The third-order valence-corrected chi connectivity index (χ3v) is 2.93. The van der Waals surface area contributed by atoms with E-state index in [1.807, 2.05) is 13.0 Å². The summed E-state index contributed by atoms with van der Waals surface area (Å²) in [5.41, 5.74) is 3.12. The summed E-state index contributed by atoms with van der Waals surface area (Å²) in [5.74, 6) is 0.671. The lowest BCUT2D eigenvalue weighted by molar-refractivity contribution is -0.0498. The predicted octanol–water partition coefficient (Wildman–Crippen LogP) is 3.53. The smallest absolute Gasteiger partial charge is 0.387 e. The second kappa shape index (κ2) is 4.88. The molecular formula is C14H11F2N3O. The van der Waals surface area contributed by atoms with Crippen molar-refractivity contribution in [1.82, 2.24) is 15.0 Å². The van der Waals surface area contributed by atoms with Gasteiger partial charge in [-0.1, -0.05) is 12.1 Å². The number of benzene rings is 1. The van der Waals surface area contributed by atoms with Gasteiger partial charge in [0.1, 0.15) is 11.6 Å². The average Bonchev–Trinajstić information content (AvgIpc) is 2.84. The second-order valence-electron chi connectivity index (χ2n) is 4.32. The SMILES string of the molecule is Cc1ccnc2nc(-c3cccc(OC(F)F)c3)[nH]c12. The number of pyridine rings is 1. The van der Waals surface area contributed by atoms with Gasteiger partial charge in [-0.2, -0.15) is 8.78 Å². The van der Waals surface area contributed by atoms with Crippen LogP contribution >= 0.6 is 0 Å². The lowest BCUT2D eigenvalue weighted by Crippen LogP contribution is -2.01. The molecule has 20 heavy (non-hydrogen) atoms. The van der Waals surface area contributed by atoms with Crippen molar-refractivity contribution in [2.75, 3.05) is 0 Å². The van der Waals surface area contributed by atoms with Crippen molar-refractivity contribution < 1.29 is 13.5 Å². The van der Waals surface area contributed by atoms with E-state index in [4.69, 9.17) is 0 Å². The van der Waals surface area contributed by atoms with Crippen molar-refractivity contribution >= 4 is 11.2 Å². The Balaban J connectivity index is 2.04. The van der Waals surface area contributed by atoms with Gasteiger partial charge in [0.25, 0.3) is 0 Å². The molecule has 2 aromatic heterocycles. The van der Waals surface area contributed by atoms with Crippen LogP contribution in [0.2, 0.25) is 0 Å². The van der Waals surface area contributed by atoms with Gasteiger partial charge in [-0.05, 0) is 30.7 Å². The summed E-state index contributed by atoms with van der Waals surface area (Å²) in [4.78, 5) is 11.7. The molecule has 1 N–H and O–H groups in total. The molecule has 2 heterocycles. The standard InChI is InChI=1S/C14H11F2N3O/c1-8-5-6-17-13-11(8)18-12(19-13)9-3-2-4-10(7-9)20-14(15)16/h2-7,14H,1H3,(H,17,18,19). The van der Waals surface area contributed by atoms with E-state index in [9.17, 15) is 8.78 Å². The lowest BCUT2D eigenvalue weighted by atomic mass is 10.2. The number of alkyl halides is 2. The Hall–Kier alpha value is -2.50. The van der Waals surface area contributed by atoms with Crippen LogP contribution in [-0.4, -0.2) is 21.6 Å². The fraction of sp³-hybridized carbons (Fsp3) is 0.143. The van der Waals surface area contributed by atoms with Crippen LogP contribution in [0.15, 0.2) is 36.5 Å². The Morgan fingerprint density at radius 3 is 2.85 bits per heavy atom. The summed E-state index contributed by atoms with van der Waals surface area (Å²) in [6.45, 7) is -0.896. The van der Waals surface area contributed by atoms with Crippen LogP contribution < -0.4 is 4.74 Å². The van der Waals surface area contributed by atoms with Crippen LogP contribution in [0.25, 0.3) is 22.6 Å². The second-order valence-corrected chi connectivity index (χ2v) is 4.32. The van der Waals surface area contributed by atoms with Crippen LogP contribution in [-0.2, 0) is 0 Å². The fourth-order valence-corrected chi connectivity index (χ4v) is 1.99. The molecule has 4 nitrogen and oxygen atoms in total. The van der Waals surface area contributed by atoms with Crippen LogP contribution in [0, 0.1) is 6.92 Å². The Bertz CT molecular complexity index is 755. The molecule has 1 aromatic carbocycles. The highest BCUT2D eigenvalue weighted by atomic mass is 19.3. The molecule has 3 aromatic rings. The van der Waals surface area contributed by atoms with E-state index in [0.29, 0.717) is 17.0 Å². The molecular weight excluding hydrogens is 264 g/mol. The molecule has 0 amide bonds. The number of aromatic nitrogens is 3. The molecule has 0 saturated heterocycles. The number of imidazole rings is 1. The molecule has 3 rings (SSSR count). The number of nitrogens with zero attached hydrogens (tertiary/aromatic N) is 2. The molecule has 0 atom stereocenters. The van der Waals surface area contributed by atoms with Crippen LogP contribution in [0.5, 0.6) is 5.75 Å². The van der Waals surface area contributed by atoms with Crippen LogP contribution in [0.1, 0.15) is 5.56 Å². The topological polar surface area (TPSA) is 50.8 Å². The maximum atomic E-state index is 12.2. The van der Waals surface area contributed by atoms with Crippen molar-refractivity contribution in [3.8, 4) is 17.1 Å². The van der Waals surface area contributed by atoms with E-state index in [2.05, 4.69) is 19.7 Å². The van der Waals surface area contributed by atoms with Gasteiger partial charge in [0.2, 0.25) is 0 Å². The van der Waals surface area contributed by atoms with Crippen LogP contribution in [0.4, 0.5) is 8.78 Å². The van der Waals surface area contributed by atoms with Gasteiger partial charge in [0.15, 0.2) is 5.65 Å². The number of ether oxygens (including phenoxy) is 1. The molecule has 0 unspecified atom stereocenters. The third-order valence-electron chi connectivity index (χ3n) is 2.93. The Morgan fingerprint density at radius 1 is 1.25 bits per heavy atom. The number of rotatable bonds is 3. The summed E-state index contributed by atoms with van der Waals surface area (Å²) < 4.78 is 28.8. The first-order valence-electron chi connectivity index (χ1n) is 6.00. The number of fused-ring (bicyclic) bond motifs is 1. The highest BCUT2D eigenvalue weighted by Gasteiger charge is 2.10. The molecule has 6 heteroatoms. The molecule has 0 saturated carbocycles. The van der Waals surface area contributed by atoms with Gasteiger partial charge in [0, 0.05) is 11.8 Å². The summed E-state index contributed by atoms with van der Waals surface area (Å²) in [6.07, 6.45) is 1.68. The van der Waals surface area contributed by atoms with Gasteiger partial charge in [-0.15, -0.1) is 0 Å².